The average Bonchev–Trinajstić information content (AvgIpc) is 2.81. The molecule has 0 atom stereocenters. The highest BCUT2D eigenvalue weighted by Crippen LogP contribution is 2.31. The van der Waals surface area contributed by atoms with Crippen molar-refractivity contribution in [2.75, 3.05) is 0 Å². The molecule has 0 aliphatic heterocycles. The van der Waals surface area contributed by atoms with Crippen molar-refractivity contribution in [2.24, 2.45) is 0 Å². The number of hydrogen-bond acceptors (Lipinski definition) is 2. The van der Waals surface area contributed by atoms with Gasteiger partial charge in [0.05, 0.1) is 22.1 Å². The van der Waals surface area contributed by atoms with Crippen LogP contribution in [0.3, 0.4) is 0 Å². The van der Waals surface area contributed by atoms with Gasteiger partial charge in [-0.25, -0.2) is 9.97 Å². The molecular weight excluding hydrogens is 364 g/mol. The third-order valence-corrected chi connectivity index (χ3v) is 5.68. The van der Waals surface area contributed by atoms with E-state index in [4.69, 9.17) is 9.97 Å². The Kier molecular flexibility index (Phi) is 3.82. The van der Waals surface area contributed by atoms with Crippen LogP contribution in [0, 0.1) is 0 Å². The lowest BCUT2D eigenvalue weighted by Crippen LogP contribution is -1.89. The van der Waals surface area contributed by atoms with Crippen LogP contribution in [0.1, 0.15) is 11.1 Å². The minimum Gasteiger partial charge on any atom is -0.248 e. The molecule has 0 fully saturated rings. The van der Waals surface area contributed by atoms with Gasteiger partial charge in [-0.3, -0.25) is 0 Å². The van der Waals surface area contributed by atoms with Crippen molar-refractivity contribution in [3.05, 3.63) is 108 Å². The lowest BCUT2D eigenvalue weighted by molar-refractivity contribution is 1.49. The van der Waals surface area contributed by atoms with Crippen LogP contribution >= 0.6 is 0 Å². The summed E-state index contributed by atoms with van der Waals surface area (Å²) in [6.07, 6.45) is 4.47. The van der Waals surface area contributed by atoms with Crippen molar-refractivity contribution < 1.29 is 0 Å². The second kappa shape index (κ2) is 6.78. The van der Waals surface area contributed by atoms with Gasteiger partial charge in [0.25, 0.3) is 0 Å². The second-order valence-corrected chi connectivity index (χ2v) is 7.45. The number of fused-ring (bicyclic) bond motifs is 4. The molecule has 0 radical (unpaired) electrons. The van der Waals surface area contributed by atoms with Crippen LogP contribution in [0.5, 0.6) is 0 Å². The summed E-state index contributed by atoms with van der Waals surface area (Å²) in [5, 5.41) is 4.65. The zero-order valence-electron chi connectivity index (χ0n) is 16.3. The predicted octanol–water partition coefficient (Wildman–Crippen LogP) is 7.26. The van der Waals surface area contributed by atoms with Gasteiger partial charge in [-0.15, -0.1) is 0 Å². The van der Waals surface area contributed by atoms with Crippen molar-refractivity contribution in [3.8, 4) is 0 Å². The van der Waals surface area contributed by atoms with Crippen molar-refractivity contribution in [2.45, 2.75) is 0 Å². The molecule has 0 bridgehead atoms. The fourth-order valence-electron chi connectivity index (χ4n) is 4.27. The van der Waals surface area contributed by atoms with E-state index in [0.29, 0.717) is 0 Å². The monoisotopic (exact) mass is 382 g/mol. The van der Waals surface area contributed by atoms with Crippen molar-refractivity contribution >= 4 is 55.8 Å². The number of pyridine rings is 2. The fourth-order valence-corrected chi connectivity index (χ4v) is 4.27. The summed E-state index contributed by atoms with van der Waals surface area (Å²) in [7, 11) is 0. The summed E-state index contributed by atoms with van der Waals surface area (Å²) in [6, 6.07) is 33.4. The molecule has 0 saturated heterocycles. The second-order valence-electron chi connectivity index (χ2n) is 7.45. The molecule has 4 aromatic carbocycles. The van der Waals surface area contributed by atoms with E-state index in [1.807, 2.05) is 24.3 Å². The summed E-state index contributed by atoms with van der Waals surface area (Å²) < 4.78 is 0. The summed E-state index contributed by atoms with van der Waals surface area (Å²) >= 11 is 0. The first-order valence-corrected chi connectivity index (χ1v) is 10.1. The lowest BCUT2D eigenvalue weighted by Gasteiger charge is -2.09. The van der Waals surface area contributed by atoms with Gasteiger partial charge < -0.3 is 0 Å². The lowest BCUT2D eigenvalue weighted by atomic mass is 9.98. The number of hydrogen-bond donors (Lipinski definition) is 0. The summed E-state index contributed by atoms with van der Waals surface area (Å²) in [5.41, 5.74) is 6.45. The van der Waals surface area contributed by atoms with Crippen molar-refractivity contribution in [1.82, 2.24) is 9.97 Å². The summed E-state index contributed by atoms with van der Waals surface area (Å²) in [5.74, 6) is 0. The zero-order chi connectivity index (χ0) is 19.9. The molecule has 0 spiro atoms. The molecule has 6 aromatic rings. The van der Waals surface area contributed by atoms with Gasteiger partial charge >= 0.3 is 0 Å². The Morgan fingerprint density at radius 1 is 0.367 bits per heavy atom. The highest BCUT2D eigenvalue weighted by atomic mass is 14.7. The molecule has 0 amide bonds. The first kappa shape index (κ1) is 16.9. The molecule has 2 heterocycles. The summed E-state index contributed by atoms with van der Waals surface area (Å²) in [4.78, 5) is 9.70. The van der Waals surface area contributed by atoms with E-state index < -0.39 is 0 Å². The molecule has 30 heavy (non-hydrogen) atoms. The van der Waals surface area contributed by atoms with E-state index in [1.54, 1.807) is 0 Å². The van der Waals surface area contributed by atoms with Crippen molar-refractivity contribution in [3.63, 3.8) is 0 Å². The quantitative estimate of drug-likeness (QED) is 0.295. The molecule has 0 N–H and O–H groups in total. The Hall–Kier alpha value is -4.04. The zero-order valence-corrected chi connectivity index (χ0v) is 16.3. The standard InChI is InChI=1S/C28H18N2/c1-5-13-25-21(9-1)19(22-10-2-6-14-26(22)29-25)17-18-20-23-11-3-7-15-27(23)30-28-16-8-4-12-24(20)28/h1-18H. The Balaban J connectivity index is 1.67. The molecule has 0 unspecified atom stereocenters. The van der Waals surface area contributed by atoms with E-state index in [2.05, 4.69) is 84.9 Å². The number of nitrogens with zero attached hydrogens (tertiary/aromatic N) is 2. The maximum Gasteiger partial charge on any atom is 0.0715 e. The van der Waals surface area contributed by atoms with Gasteiger partial charge in [-0.2, -0.15) is 0 Å². The maximum atomic E-state index is 4.85. The third-order valence-electron chi connectivity index (χ3n) is 5.68. The normalized spacial score (nSPS) is 11.9. The van der Waals surface area contributed by atoms with Crippen LogP contribution < -0.4 is 0 Å². The number of aromatic nitrogens is 2. The van der Waals surface area contributed by atoms with Crippen molar-refractivity contribution in [1.29, 1.82) is 0 Å². The van der Waals surface area contributed by atoms with Gasteiger partial charge in [0, 0.05) is 21.5 Å². The number of benzene rings is 4. The van der Waals surface area contributed by atoms with Gasteiger partial charge in [-0.05, 0) is 35.4 Å². The van der Waals surface area contributed by atoms with E-state index in [1.165, 1.54) is 11.1 Å². The largest absolute Gasteiger partial charge is 0.248 e. The van der Waals surface area contributed by atoms with Crippen LogP contribution in [-0.2, 0) is 0 Å². The van der Waals surface area contributed by atoms with E-state index in [-0.39, 0.29) is 0 Å². The third kappa shape index (κ3) is 2.66. The fraction of sp³-hybridized carbons (Fsp3) is 0. The minimum atomic E-state index is 1.01. The maximum absolute atomic E-state index is 4.85. The molecule has 0 aliphatic carbocycles. The van der Waals surface area contributed by atoms with Crippen LogP contribution in [0.2, 0.25) is 0 Å². The van der Waals surface area contributed by atoms with E-state index in [9.17, 15) is 0 Å². The van der Waals surface area contributed by atoms with Gasteiger partial charge in [0.15, 0.2) is 0 Å². The molecule has 0 saturated carbocycles. The Morgan fingerprint density at radius 3 is 0.933 bits per heavy atom. The molecule has 2 nitrogen and oxygen atoms in total. The Labute approximate surface area is 174 Å². The van der Waals surface area contributed by atoms with Gasteiger partial charge in [0.1, 0.15) is 0 Å². The molecule has 6 rings (SSSR count). The van der Waals surface area contributed by atoms with Gasteiger partial charge in [0.2, 0.25) is 0 Å². The molecule has 2 aromatic heterocycles. The number of rotatable bonds is 2. The van der Waals surface area contributed by atoms with Crippen LogP contribution in [-0.4, -0.2) is 9.97 Å². The van der Waals surface area contributed by atoms with E-state index in [0.717, 1.165) is 43.6 Å². The molecule has 2 heteroatoms. The predicted molar refractivity (Wildman–Crippen MR) is 127 cm³/mol. The van der Waals surface area contributed by atoms with Crippen LogP contribution in [0.25, 0.3) is 55.8 Å². The highest BCUT2D eigenvalue weighted by molar-refractivity contribution is 6.08. The SMILES string of the molecule is C(=Cc1c2ccccc2nc2ccccc12)c1c2ccccc2nc2ccccc12. The molecular formula is C28H18N2. The highest BCUT2D eigenvalue weighted by Gasteiger charge is 2.09. The topological polar surface area (TPSA) is 25.8 Å². The van der Waals surface area contributed by atoms with E-state index >= 15 is 0 Å². The molecule has 140 valence electrons. The Morgan fingerprint density at radius 2 is 0.633 bits per heavy atom. The first-order chi connectivity index (χ1) is 14.9. The smallest absolute Gasteiger partial charge is 0.0715 e. The average molecular weight is 382 g/mol. The molecule has 0 aliphatic rings. The Bertz CT molecular complexity index is 1370. The minimum absolute atomic E-state index is 1.01. The first-order valence-electron chi connectivity index (χ1n) is 10.1. The van der Waals surface area contributed by atoms with Gasteiger partial charge in [-0.1, -0.05) is 84.9 Å². The summed E-state index contributed by atoms with van der Waals surface area (Å²) in [6.45, 7) is 0. The van der Waals surface area contributed by atoms with Crippen LogP contribution in [0.4, 0.5) is 0 Å². The van der Waals surface area contributed by atoms with Crippen LogP contribution in [0.15, 0.2) is 97.1 Å². The number of para-hydroxylation sites is 4.